The largest absolute Gasteiger partial charge is 0.365 e. The van der Waals surface area contributed by atoms with Gasteiger partial charge in [0.15, 0.2) is 0 Å². The van der Waals surface area contributed by atoms with E-state index in [0.29, 0.717) is 11.1 Å². The second-order valence-electron chi connectivity index (χ2n) is 4.41. The zero-order valence-electron chi connectivity index (χ0n) is 10.6. The Labute approximate surface area is 115 Å². The number of alkyl halides is 1. The molecule has 100 valence electrons. The molecule has 0 saturated carbocycles. The molecule has 2 aromatic rings. The first-order valence-electron chi connectivity index (χ1n) is 5.89. The molecule has 0 fully saturated rings. The molecule has 1 heterocycles. The second kappa shape index (κ2) is 5.95. The second-order valence-corrected chi connectivity index (χ2v) is 4.88. The van der Waals surface area contributed by atoms with Gasteiger partial charge in [-0.2, -0.15) is 0 Å². The molecule has 0 radical (unpaired) electrons. The number of hydrogen-bond acceptors (Lipinski definition) is 5. The van der Waals surface area contributed by atoms with E-state index in [1.807, 2.05) is 13.8 Å². The van der Waals surface area contributed by atoms with Crippen molar-refractivity contribution < 1.29 is 9.63 Å². The molecule has 2 rings (SSSR count). The topological polar surface area (TPSA) is 64.1 Å². The van der Waals surface area contributed by atoms with Crippen molar-refractivity contribution in [2.75, 3.05) is 0 Å². The normalized spacial score (nSPS) is 12.6. The third kappa shape index (κ3) is 3.39. The highest BCUT2D eigenvalue weighted by molar-refractivity contribution is 6.20. The fraction of sp³-hybridized carbons (Fsp3) is 0.308. The van der Waals surface area contributed by atoms with Gasteiger partial charge in [-0.05, 0) is 24.1 Å². The van der Waals surface area contributed by atoms with Crippen molar-refractivity contribution in [3.63, 3.8) is 0 Å². The number of fused-ring (bicyclic) bond motifs is 1. The van der Waals surface area contributed by atoms with Crippen molar-refractivity contribution in [1.29, 1.82) is 0 Å². The Bertz CT molecular complexity index is 589. The monoisotopic (exact) mass is 279 g/mol. The predicted molar refractivity (Wildman–Crippen MR) is 72.6 cm³/mol. The SMILES string of the molecule is CC(C)C(Cl)NOC(=O)c1ccc2nccnc2c1. The minimum Gasteiger partial charge on any atom is -0.365 e. The van der Waals surface area contributed by atoms with E-state index >= 15 is 0 Å². The summed E-state index contributed by atoms with van der Waals surface area (Å²) in [5.41, 5.74) is 3.85. The van der Waals surface area contributed by atoms with E-state index < -0.39 is 11.5 Å². The first-order chi connectivity index (χ1) is 9.08. The molecule has 1 aromatic carbocycles. The fourth-order valence-electron chi connectivity index (χ4n) is 1.40. The maximum Gasteiger partial charge on any atom is 0.356 e. The van der Waals surface area contributed by atoms with Crippen molar-refractivity contribution in [2.24, 2.45) is 5.92 Å². The molecule has 5 nitrogen and oxygen atoms in total. The molecular weight excluding hydrogens is 266 g/mol. The lowest BCUT2D eigenvalue weighted by Gasteiger charge is -2.14. The van der Waals surface area contributed by atoms with Crippen LogP contribution in [0.3, 0.4) is 0 Å². The van der Waals surface area contributed by atoms with Crippen molar-refractivity contribution in [1.82, 2.24) is 15.4 Å². The third-order valence-electron chi connectivity index (χ3n) is 2.55. The van der Waals surface area contributed by atoms with Gasteiger partial charge in [-0.3, -0.25) is 9.97 Å². The summed E-state index contributed by atoms with van der Waals surface area (Å²) in [7, 11) is 0. The Hall–Kier alpha value is -1.72. The van der Waals surface area contributed by atoms with Crippen LogP contribution in [0.15, 0.2) is 30.6 Å². The first-order valence-corrected chi connectivity index (χ1v) is 6.33. The lowest BCUT2D eigenvalue weighted by Crippen LogP contribution is -2.31. The van der Waals surface area contributed by atoms with Crippen LogP contribution < -0.4 is 5.48 Å². The van der Waals surface area contributed by atoms with E-state index in [0.717, 1.165) is 5.52 Å². The summed E-state index contributed by atoms with van der Waals surface area (Å²) in [4.78, 5) is 25.0. The van der Waals surface area contributed by atoms with Gasteiger partial charge < -0.3 is 4.84 Å². The number of nitrogens with one attached hydrogen (secondary N) is 1. The third-order valence-corrected chi connectivity index (χ3v) is 3.15. The van der Waals surface area contributed by atoms with E-state index in [-0.39, 0.29) is 5.92 Å². The van der Waals surface area contributed by atoms with Crippen LogP contribution in [-0.4, -0.2) is 21.4 Å². The number of hydrogen-bond donors (Lipinski definition) is 1. The van der Waals surface area contributed by atoms with Crippen LogP contribution in [0.2, 0.25) is 0 Å². The Kier molecular flexibility index (Phi) is 4.29. The van der Waals surface area contributed by atoms with E-state index in [2.05, 4.69) is 15.4 Å². The molecule has 0 spiro atoms. The average molecular weight is 280 g/mol. The van der Waals surface area contributed by atoms with Crippen LogP contribution in [0, 0.1) is 5.92 Å². The van der Waals surface area contributed by atoms with Crippen molar-refractivity contribution >= 4 is 28.6 Å². The van der Waals surface area contributed by atoms with Gasteiger partial charge in [-0.25, -0.2) is 4.79 Å². The molecule has 0 amide bonds. The minimum atomic E-state index is -0.501. The Morgan fingerprint density at radius 2 is 1.95 bits per heavy atom. The minimum absolute atomic E-state index is 0.150. The van der Waals surface area contributed by atoms with Gasteiger partial charge in [0.25, 0.3) is 0 Å². The molecule has 1 aromatic heterocycles. The van der Waals surface area contributed by atoms with Crippen LogP contribution in [0.1, 0.15) is 24.2 Å². The summed E-state index contributed by atoms with van der Waals surface area (Å²) < 4.78 is 0. The molecule has 1 unspecified atom stereocenters. The molecule has 0 saturated heterocycles. The van der Waals surface area contributed by atoms with E-state index in [9.17, 15) is 4.79 Å². The van der Waals surface area contributed by atoms with Gasteiger partial charge in [0.1, 0.15) is 5.50 Å². The van der Waals surface area contributed by atoms with Crippen molar-refractivity contribution in [3.05, 3.63) is 36.2 Å². The van der Waals surface area contributed by atoms with Crippen LogP contribution >= 0.6 is 11.6 Å². The Morgan fingerprint density at radius 1 is 1.26 bits per heavy atom. The highest BCUT2D eigenvalue weighted by Crippen LogP contribution is 2.12. The van der Waals surface area contributed by atoms with E-state index in [4.69, 9.17) is 16.4 Å². The van der Waals surface area contributed by atoms with E-state index in [1.165, 1.54) is 0 Å². The van der Waals surface area contributed by atoms with E-state index in [1.54, 1.807) is 30.6 Å². The standard InChI is InChI=1S/C13H14ClN3O2/c1-8(2)12(14)17-19-13(18)9-3-4-10-11(7-9)16-6-5-15-10/h3-8,12,17H,1-2H3. The summed E-state index contributed by atoms with van der Waals surface area (Å²) in [5, 5.41) is 0. The van der Waals surface area contributed by atoms with Crippen molar-refractivity contribution in [3.8, 4) is 0 Å². The molecular formula is C13H14ClN3O2. The molecule has 1 atom stereocenters. The van der Waals surface area contributed by atoms with Crippen molar-refractivity contribution in [2.45, 2.75) is 19.3 Å². The van der Waals surface area contributed by atoms with Gasteiger partial charge >= 0.3 is 5.97 Å². The molecule has 0 bridgehead atoms. The number of rotatable bonds is 4. The summed E-state index contributed by atoms with van der Waals surface area (Å²) in [6.07, 6.45) is 3.17. The van der Waals surface area contributed by atoms with Gasteiger partial charge in [0.2, 0.25) is 0 Å². The highest BCUT2D eigenvalue weighted by Gasteiger charge is 2.14. The molecule has 1 N–H and O–H groups in total. The van der Waals surface area contributed by atoms with Gasteiger partial charge in [0.05, 0.1) is 16.6 Å². The summed E-state index contributed by atoms with van der Waals surface area (Å²) in [6.45, 7) is 3.84. The molecule has 6 heteroatoms. The first kappa shape index (κ1) is 13.7. The highest BCUT2D eigenvalue weighted by atomic mass is 35.5. The lowest BCUT2D eigenvalue weighted by molar-refractivity contribution is 0.0192. The van der Waals surface area contributed by atoms with Crippen LogP contribution in [0.25, 0.3) is 11.0 Å². The van der Waals surface area contributed by atoms with Gasteiger partial charge in [-0.15, -0.1) is 17.1 Å². The number of nitrogens with zero attached hydrogens (tertiary/aromatic N) is 2. The zero-order chi connectivity index (χ0) is 13.8. The quantitative estimate of drug-likeness (QED) is 0.529. The number of halogens is 1. The number of benzene rings is 1. The average Bonchev–Trinajstić information content (AvgIpc) is 2.43. The maximum atomic E-state index is 11.8. The smallest absolute Gasteiger partial charge is 0.356 e. The molecule has 0 aliphatic rings. The summed E-state index contributed by atoms with van der Waals surface area (Å²) in [5.74, 6) is -0.351. The molecule has 19 heavy (non-hydrogen) atoms. The van der Waals surface area contributed by atoms with Gasteiger partial charge in [0, 0.05) is 12.4 Å². The van der Waals surface area contributed by atoms with Gasteiger partial charge in [-0.1, -0.05) is 13.8 Å². The summed E-state index contributed by atoms with van der Waals surface area (Å²) >= 11 is 5.93. The Morgan fingerprint density at radius 3 is 2.63 bits per heavy atom. The number of carbonyl (C=O) groups excluding carboxylic acids is 1. The number of carbonyl (C=O) groups is 1. The maximum absolute atomic E-state index is 11.8. The molecule has 0 aliphatic carbocycles. The predicted octanol–water partition coefficient (Wildman–Crippen LogP) is 2.51. The fourth-order valence-corrected chi connectivity index (χ4v) is 1.44. The number of aromatic nitrogens is 2. The zero-order valence-corrected chi connectivity index (χ0v) is 11.4. The molecule has 0 aliphatic heterocycles. The summed E-state index contributed by atoms with van der Waals surface area (Å²) in [6, 6.07) is 4.99. The van der Waals surface area contributed by atoms with Crippen LogP contribution in [-0.2, 0) is 4.84 Å². The van der Waals surface area contributed by atoms with Crippen LogP contribution in [0.4, 0.5) is 0 Å². The van der Waals surface area contributed by atoms with Crippen LogP contribution in [0.5, 0.6) is 0 Å². The number of hydroxylamine groups is 1. The lowest BCUT2D eigenvalue weighted by atomic mass is 10.2. The Balaban J connectivity index is 2.09.